The van der Waals surface area contributed by atoms with Crippen LogP contribution in [0.4, 0.5) is 4.79 Å². The third kappa shape index (κ3) is 1.77. The van der Waals surface area contributed by atoms with Crippen LogP contribution in [0.1, 0.15) is 18.6 Å². The third-order valence-electron chi connectivity index (χ3n) is 2.64. The number of nitrogens with zero attached hydrogens (tertiary/aromatic N) is 2. The van der Waals surface area contributed by atoms with Crippen LogP contribution in [-0.4, -0.2) is 29.1 Å². The maximum Gasteiger partial charge on any atom is 0.410 e. The van der Waals surface area contributed by atoms with Crippen molar-refractivity contribution < 1.29 is 9.53 Å². The second kappa shape index (κ2) is 3.70. The predicted octanol–water partition coefficient (Wildman–Crippen LogP) is 2.25. The summed E-state index contributed by atoms with van der Waals surface area (Å²) in [6, 6.07) is 3.53. The van der Waals surface area contributed by atoms with E-state index in [1.165, 1.54) is 0 Å². The second-order valence-corrected chi connectivity index (χ2v) is 3.96. The molecular weight excluding hydrogens is 216 g/mol. The Morgan fingerprint density at radius 1 is 1.60 bits per heavy atom. The van der Waals surface area contributed by atoms with Gasteiger partial charge in [-0.05, 0) is 24.6 Å². The molecule has 0 unspecified atom stereocenters. The Labute approximate surface area is 92.8 Å². The van der Waals surface area contributed by atoms with Crippen molar-refractivity contribution in [2.24, 2.45) is 0 Å². The molecule has 0 aromatic carbocycles. The molecule has 1 aliphatic heterocycles. The lowest BCUT2D eigenvalue weighted by Gasteiger charge is -2.16. The first-order chi connectivity index (χ1) is 7.09. The van der Waals surface area contributed by atoms with Crippen molar-refractivity contribution in [2.75, 3.05) is 7.05 Å². The van der Waals surface area contributed by atoms with E-state index in [0.717, 1.165) is 5.56 Å². The summed E-state index contributed by atoms with van der Waals surface area (Å²) in [7, 11) is 1.72. The smallest absolute Gasteiger partial charge is 0.410 e. The van der Waals surface area contributed by atoms with E-state index in [2.05, 4.69) is 4.98 Å². The number of rotatable bonds is 1. The van der Waals surface area contributed by atoms with Crippen LogP contribution >= 0.6 is 11.6 Å². The number of likely N-dealkylation sites (N-methyl/N-ethyl adjacent to an activating group) is 1. The summed E-state index contributed by atoms with van der Waals surface area (Å²) in [4.78, 5) is 16.8. The lowest BCUT2D eigenvalue weighted by atomic mass is 10.1. The summed E-state index contributed by atoms with van der Waals surface area (Å²) >= 11 is 5.78. The SMILES string of the molecule is C[C@H]1[C@@H](c2ccnc(Cl)c2)OC(=O)N1C. The van der Waals surface area contributed by atoms with Gasteiger partial charge in [0.1, 0.15) is 11.3 Å². The van der Waals surface area contributed by atoms with Gasteiger partial charge in [-0.1, -0.05) is 11.6 Å². The van der Waals surface area contributed by atoms with Gasteiger partial charge >= 0.3 is 6.09 Å². The zero-order valence-electron chi connectivity index (χ0n) is 8.48. The normalized spacial score (nSPS) is 25.5. The van der Waals surface area contributed by atoms with Crippen molar-refractivity contribution in [3.05, 3.63) is 29.0 Å². The van der Waals surface area contributed by atoms with E-state index in [4.69, 9.17) is 16.3 Å². The van der Waals surface area contributed by atoms with Crippen LogP contribution in [0.25, 0.3) is 0 Å². The van der Waals surface area contributed by atoms with Gasteiger partial charge in [0.25, 0.3) is 0 Å². The Bertz CT molecular complexity index is 397. The molecule has 1 aromatic rings. The number of aromatic nitrogens is 1. The minimum atomic E-state index is -0.305. The molecule has 1 aromatic heterocycles. The summed E-state index contributed by atoms with van der Waals surface area (Å²) in [6.45, 7) is 1.93. The fraction of sp³-hybridized carbons (Fsp3) is 0.400. The summed E-state index contributed by atoms with van der Waals surface area (Å²) in [5.74, 6) is 0. The molecule has 1 aliphatic rings. The largest absolute Gasteiger partial charge is 0.439 e. The first-order valence-electron chi connectivity index (χ1n) is 4.64. The van der Waals surface area contributed by atoms with Crippen molar-refractivity contribution in [2.45, 2.75) is 19.1 Å². The van der Waals surface area contributed by atoms with E-state index in [0.29, 0.717) is 5.15 Å². The van der Waals surface area contributed by atoms with Crippen LogP contribution in [-0.2, 0) is 4.74 Å². The quantitative estimate of drug-likeness (QED) is 0.690. The molecule has 1 amide bonds. The fourth-order valence-corrected chi connectivity index (χ4v) is 1.78. The van der Waals surface area contributed by atoms with E-state index >= 15 is 0 Å². The molecule has 2 atom stereocenters. The van der Waals surface area contributed by atoms with Crippen LogP contribution in [0.2, 0.25) is 5.15 Å². The molecule has 0 saturated carbocycles. The number of carbonyl (C=O) groups is 1. The zero-order valence-corrected chi connectivity index (χ0v) is 9.23. The molecule has 2 heterocycles. The van der Waals surface area contributed by atoms with E-state index in [1.54, 1.807) is 30.3 Å². The van der Waals surface area contributed by atoms with Gasteiger partial charge < -0.3 is 9.64 Å². The number of hydrogen-bond donors (Lipinski definition) is 0. The minimum Gasteiger partial charge on any atom is -0.439 e. The highest BCUT2D eigenvalue weighted by Crippen LogP contribution is 2.31. The van der Waals surface area contributed by atoms with Crippen LogP contribution in [0, 0.1) is 0 Å². The minimum absolute atomic E-state index is 0.0102. The van der Waals surface area contributed by atoms with Gasteiger partial charge in [0, 0.05) is 13.2 Å². The number of amides is 1. The molecule has 0 aliphatic carbocycles. The molecule has 15 heavy (non-hydrogen) atoms. The number of halogens is 1. The molecule has 4 nitrogen and oxygen atoms in total. The zero-order chi connectivity index (χ0) is 11.0. The number of pyridine rings is 1. The van der Waals surface area contributed by atoms with Gasteiger partial charge in [0.2, 0.25) is 0 Å². The van der Waals surface area contributed by atoms with Crippen LogP contribution in [0.3, 0.4) is 0 Å². The topological polar surface area (TPSA) is 42.4 Å². The van der Waals surface area contributed by atoms with Crippen molar-refractivity contribution in [1.82, 2.24) is 9.88 Å². The van der Waals surface area contributed by atoms with E-state index in [9.17, 15) is 4.79 Å². The highest BCUT2D eigenvalue weighted by atomic mass is 35.5. The van der Waals surface area contributed by atoms with Gasteiger partial charge in [0.05, 0.1) is 6.04 Å². The van der Waals surface area contributed by atoms with Crippen molar-refractivity contribution in [3.63, 3.8) is 0 Å². The second-order valence-electron chi connectivity index (χ2n) is 3.57. The van der Waals surface area contributed by atoms with Crippen molar-refractivity contribution in [1.29, 1.82) is 0 Å². The third-order valence-corrected chi connectivity index (χ3v) is 2.85. The Hall–Kier alpha value is -1.29. The fourth-order valence-electron chi connectivity index (χ4n) is 1.60. The monoisotopic (exact) mass is 226 g/mol. The van der Waals surface area contributed by atoms with Gasteiger partial charge in [-0.2, -0.15) is 0 Å². The highest BCUT2D eigenvalue weighted by Gasteiger charge is 2.37. The first-order valence-corrected chi connectivity index (χ1v) is 5.02. The number of cyclic esters (lactones) is 1. The molecule has 1 fully saturated rings. The molecule has 80 valence electrons. The van der Waals surface area contributed by atoms with Gasteiger partial charge in [-0.25, -0.2) is 9.78 Å². The standard InChI is InChI=1S/C10H11ClN2O2/c1-6-9(15-10(14)13(6)2)7-3-4-12-8(11)5-7/h3-6,9H,1-2H3/t6-,9-/m0/s1. The Balaban J connectivity index is 2.29. The molecular formula is C10H11ClN2O2. The average Bonchev–Trinajstić information content (AvgIpc) is 2.46. The summed E-state index contributed by atoms with van der Waals surface area (Å²) in [5, 5.41) is 0.408. The van der Waals surface area contributed by atoms with E-state index < -0.39 is 0 Å². The van der Waals surface area contributed by atoms with Crippen LogP contribution in [0.5, 0.6) is 0 Å². The lowest BCUT2D eigenvalue weighted by Crippen LogP contribution is -2.27. The Morgan fingerprint density at radius 3 is 2.87 bits per heavy atom. The van der Waals surface area contributed by atoms with Gasteiger partial charge in [-0.15, -0.1) is 0 Å². The molecule has 0 N–H and O–H groups in total. The maximum atomic E-state index is 11.3. The first kappa shape index (κ1) is 10.2. The Morgan fingerprint density at radius 2 is 2.33 bits per heavy atom. The van der Waals surface area contributed by atoms with Gasteiger partial charge in [0.15, 0.2) is 0 Å². The number of ether oxygens (including phenoxy) is 1. The Kier molecular flexibility index (Phi) is 2.52. The summed E-state index contributed by atoms with van der Waals surface area (Å²) in [6.07, 6.45) is 1.04. The van der Waals surface area contributed by atoms with Crippen molar-refractivity contribution >= 4 is 17.7 Å². The van der Waals surface area contributed by atoms with Gasteiger partial charge in [-0.3, -0.25) is 0 Å². The van der Waals surface area contributed by atoms with E-state index in [1.807, 2.05) is 6.92 Å². The van der Waals surface area contributed by atoms with Crippen LogP contribution < -0.4 is 0 Å². The summed E-state index contributed by atoms with van der Waals surface area (Å²) in [5.41, 5.74) is 0.875. The predicted molar refractivity (Wildman–Crippen MR) is 55.7 cm³/mol. The highest BCUT2D eigenvalue weighted by molar-refractivity contribution is 6.29. The number of hydrogen-bond acceptors (Lipinski definition) is 3. The van der Waals surface area contributed by atoms with Crippen LogP contribution in [0.15, 0.2) is 18.3 Å². The summed E-state index contributed by atoms with van der Waals surface area (Å²) < 4.78 is 5.23. The maximum absolute atomic E-state index is 11.3. The molecule has 1 saturated heterocycles. The average molecular weight is 227 g/mol. The molecule has 0 bridgehead atoms. The molecule has 0 radical (unpaired) electrons. The number of carbonyl (C=O) groups excluding carboxylic acids is 1. The van der Waals surface area contributed by atoms with Crippen molar-refractivity contribution in [3.8, 4) is 0 Å². The molecule has 0 spiro atoms. The molecule has 2 rings (SSSR count). The molecule has 5 heteroatoms. The lowest BCUT2D eigenvalue weighted by molar-refractivity contribution is 0.131. The van der Waals surface area contributed by atoms with E-state index in [-0.39, 0.29) is 18.2 Å².